The van der Waals surface area contributed by atoms with E-state index in [1.165, 1.54) is 0 Å². The summed E-state index contributed by atoms with van der Waals surface area (Å²) in [6.45, 7) is 0.315. The summed E-state index contributed by atoms with van der Waals surface area (Å²) < 4.78 is 0. The molecule has 0 aromatic carbocycles. The highest BCUT2D eigenvalue weighted by Crippen LogP contribution is 2.67. The summed E-state index contributed by atoms with van der Waals surface area (Å²) in [7, 11) is 0. The number of hydrogen-bond acceptors (Lipinski definition) is 2. The van der Waals surface area contributed by atoms with E-state index in [0.29, 0.717) is 36.1 Å². The molecule has 2 nitrogen and oxygen atoms in total. The van der Waals surface area contributed by atoms with Gasteiger partial charge in [0.05, 0.1) is 0 Å². The van der Waals surface area contributed by atoms with Gasteiger partial charge in [0, 0.05) is 18.9 Å². The highest BCUT2D eigenvalue weighted by molar-refractivity contribution is 5.85. The Bertz CT molecular complexity index is 224. The zero-order chi connectivity index (χ0) is 7.59. The number of hydrogen-bond donors (Lipinski definition) is 1. The fraction of sp³-hybridized carbons (Fsp3) is 0.889. The maximum atomic E-state index is 11.3. The van der Waals surface area contributed by atoms with Crippen LogP contribution in [0.2, 0.25) is 0 Å². The average Bonchev–Trinajstić information content (AvgIpc) is 2.48. The zero-order valence-electron chi connectivity index (χ0n) is 6.36. The summed E-state index contributed by atoms with van der Waals surface area (Å²) in [4.78, 5) is 11.3. The Morgan fingerprint density at radius 1 is 1.45 bits per heavy atom. The van der Waals surface area contributed by atoms with Gasteiger partial charge in [-0.15, -0.1) is 0 Å². The first-order valence-electron chi connectivity index (χ1n) is 4.46. The van der Waals surface area contributed by atoms with E-state index < -0.39 is 0 Å². The van der Waals surface area contributed by atoms with Gasteiger partial charge in [0.2, 0.25) is 0 Å². The number of aliphatic hydroxyl groups excluding tert-OH is 1. The van der Waals surface area contributed by atoms with Crippen LogP contribution in [0.25, 0.3) is 0 Å². The van der Waals surface area contributed by atoms with E-state index in [-0.39, 0.29) is 0 Å². The Morgan fingerprint density at radius 3 is 2.91 bits per heavy atom. The average molecular weight is 152 g/mol. The second-order valence-corrected chi connectivity index (χ2v) is 4.27. The number of ketones is 1. The number of Topliss-reactive ketones (excluding diaryl/α,β-unsaturated/α-hetero) is 1. The van der Waals surface area contributed by atoms with Crippen molar-refractivity contribution in [1.82, 2.24) is 0 Å². The van der Waals surface area contributed by atoms with Crippen molar-refractivity contribution in [3.63, 3.8) is 0 Å². The van der Waals surface area contributed by atoms with Crippen LogP contribution in [0.3, 0.4) is 0 Å². The first kappa shape index (κ1) is 6.18. The SMILES string of the molecule is O=C1C[C@H]2C[C@@H]1[C@@H]1[C@@H](CO)[C@H]21. The van der Waals surface area contributed by atoms with Gasteiger partial charge in [0.25, 0.3) is 0 Å². The van der Waals surface area contributed by atoms with E-state index in [0.717, 1.165) is 18.8 Å². The minimum Gasteiger partial charge on any atom is -0.396 e. The number of fused-ring (bicyclic) bond motifs is 5. The quantitative estimate of drug-likeness (QED) is 0.592. The summed E-state index contributed by atoms with van der Waals surface area (Å²) >= 11 is 0. The van der Waals surface area contributed by atoms with E-state index >= 15 is 0 Å². The number of carbonyl (C=O) groups is 1. The van der Waals surface area contributed by atoms with Crippen LogP contribution >= 0.6 is 0 Å². The highest BCUT2D eigenvalue weighted by atomic mass is 16.3. The first-order valence-corrected chi connectivity index (χ1v) is 4.46. The lowest BCUT2D eigenvalue weighted by Crippen LogP contribution is -2.11. The topological polar surface area (TPSA) is 37.3 Å². The zero-order valence-corrected chi connectivity index (χ0v) is 6.36. The van der Waals surface area contributed by atoms with Gasteiger partial charge in [-0.3, -0.25) is 4.79 Å². The van der Waals surface area contributed by atoms with Crippen molar-refractivity contribution in [2.45, 2.75) is 12.8 Å². The molecule has 0 saturated heterocycles. The third kappa shape index (κ3) is 0.560. The molecule has 2 bridgehead atoms. The van der Waals surface area contributed by atoms with Crippen LogP contribution in [0.5, 0.6) is 0 Å². The van der Waals surface area contributed by atoms with Gasteiger partial charge < -0.3 is 5.11 Å². The van der Waals surface area contributed by atoms with E-state index in [1.807, 2.05) is 0 Å². The smallest absolute Gasteiger partial charge is 0.136 e. The molecule has 2 heteroatoms. The minimum absolute atomic E-state index is 0.315. The summed E-state index contributed by atoms with van der Waals surface area (Å²) in [5, 5.41) is 8.95. The minimum atomic E-state index is 0.315. The van der Waals surface area contributed by atoms with Crippen LogP contribution in [0, 0.1) is 29.6 Å². The summed E-state index contributed by atoms with van der Waals surface area (Å²) in [6.07, 6.45) is 1.97. The molecule has 3 saturated carbocycles. The van der Waals surface area contributed by atoms with E-state index in [1.54, 1.807) is 0 Å². The predicted molar refractivity (Wildman–Crippen MR) is 38.8 cm³/mol. The van der Waals surface area contributed by atoms with E-state index in [4.69, 9.17) is 5.11 Å². The lowest BCUT2D eigenvalue weighted by atomic mass is 10.00. The Labute approximate surface area is 65.6 Å². The second-order valence-electron chi connectivity index (χ2n) is 4.27. The molecule has 0 aliphatic heterocycles. The monoisotopic (exact) mass is 152 g/mol. The van der Waals surface area contributed by atoms with Crippen molar-refractivity contribution in [1.29, 1.82) is 0 Å². The van der Waals surface area contributed by atoms with Gasteiger partial charge >= 0.3 is 0 Å². The normalized spacial score (nSPS) is 58.3. The highest BCUT2D eigenvalue weighted by Gasteiger charge is 2.67. The van der Waals surface area contributed by atoms with Crippen molar-refractivity contribution >= 4 is 5.78 Å². The van der Waals surface area contributed by atoms with Crippen LogP contribution in [-0.4, -0.2) is 17.5 Å². The van der Waals surface area contributed by atoms with Gasteiger partial charge in [-0.25, -0.2) is 0 Å². The van der Waals surface area contributed by atoms with Crippen molar-refractivity contribution in [3.8, 4) is 0 Å². The molecule has 0 radical (unpaired) electrons. The molecule has 1 N–H and O–H groups in total. The van der Waals surface area contributed by atoms with Crippen molar-refractivity contribution in [2.24, 2.45) is 29.6 Å². The van der Waals surface area contributed by atoms with Gasteiger partial charge in [0.1, 0.15) is 5.78 Å². The van der Waals surface area contributed by atoms with Gasteiger partial charge in [0.15, 0.2) is 0 Å². The van der Waals surface area contributed by atoms with Crippen LogP contribution < -0.4 is 0 Å². The van der Waals surface area contributed by atoms with Crippen LogP contribution in [0.1, 0.15) is 12.8 Å². The molecular weight excluding hydrogens is 140 g/mol. The maximum absolute atomic E-state index is 11.3. The molecule has 0 amide bonds. The molecule has 11 heavy (non-hydrogen) atoms. The number of rotatable bonds is 1. The van der Waals surface area contributed by atoms with Crippen molar-refractivity contribution in [2.75, 3.05) is 6.61 Å². The fourth-order valence-corrected chi connectivity index (χ4v) is 3.52. The molecule has 0 unspecified atom stereocenters. The third-order valence-corrected chi connectivity index (χ3v) is 3.95. The van der Waals surface area contributed by atoms with Gasteiger partial charge in [-0.05, 0) is 30.1 Å². The maximum Gasteiger partial charge on any atom is 0.136 e. The Hall–Kier alpha value is -0.370. The molecule has 5 atom stereocenters. The molecule has 0 heterocycles. The third-order valence-electron chi connectivity index (χ3n) is 3.95. The largest absolute Gasteiger partial charge is 0.396 e. The lowest BCUT2D eigenvalue weighted by molar-refractivity contribution is -0.122. The van der Waals surface area contributed by atoms with E-state index in [2.05, 4.69) is 0 Å². The van der Waals surface area contributed by atoms with Crippen molar-refractivity contribution in [3.05, 3.63) is 0 Å². The van der Waals surface area contributed by atoms with Crippen LogP contribution in [0.15, 0.2) is 0 Å². The molecule has 3 rings (SSSR count). The Morgan fingerprint density at radius 2 is 2.27 bits per heavy atom. The fourth-order valence-electron chi connectivity index (χ4n) is 3.52. The van der Waals surface area contributed by atoms with Gasteiger partial charge in [-0.1, -0.05) is 0 Å². The molecule has 3 aliphatic carbocycles. The summed E-state index contributed by atoms with van der Waals surface area (Å²) in [5.74, 6) is 3.35. The molecule has 60 valence electrons. The standard InChI is InChI=1S/C9H12O2/c10-3-6-8-4-1-5(9(6)8)7(11)2-4/h4-6,8-10H,1-3H2/t4-,5+,6+,8+,9-/m1/s1. The number of carbonyl (C=O) groups excluding carboxylic acids is 1. The Kier molecular flexibility index (Phi) is 0.947. The summed E-state index contributed by atoms with van der Waals surface area (Å²) in [5.41, 5.74) is 0. The molecule has 3 aliphatic rings. The summed E-state index contributed by atoms with van der Waals surface area (Å²) in [6, 6.07) is 0. The van der Waals surface area contributed by atoms with Crippen LogP contribution in [-0.2, 0) is 4.79 Å². The van der Waals surface area contributed by atoms with Gasteiger partial charge in [-0.2, -0.15) is 0 Å². The van der Waals surface area contributed by atoms with Crippen LogP contribution in [0.4, 0.5) is 0 Å². The molecular formula is C9H12O2. The lowest BCUT2D eigenvalue weighted by Gasteiger charge is -2.03. The molecule has 0 aromatic rings. The van der Waals surface area contributed by atoms with Crippen molar-refractivity contribution < 1.29 is 9.90 Å². The molecule has 0 spiro atoms. The first-order chi connectivity index (χ1) is 5.33. The predicted octanol–water partition coefficient (Wildman–Crippen LogP) is 0.450. The second kappa shape index (κ2) is 1.69. The molecule has 3 fully saturated rings. The van der Waals surface area contributed by atoms with E-state index in [9.17, 15) is 4.79 Å². The number of aliphatic hydroxyl groups is 1. The molecule has 0 aromatic heterocycles. The Balaban J connectivity index is 1.88.